The summed E-state index contributed by atoms with van der Waals surface area (Å²) in [4.78, 5) is 0. The smallest absolute Gasteiger partial charge is 0.111 e. The van der Waals surface area contributed by atoms with E-state index in [1.165, 1.54) is 0 Å². The average Bonchev–Trinajstić information content (AvgIpc) is 2.84. The van der Waals surface area contributed by atoms with E-state index < -0.39 is 11.2 Å². The Morgan fingerprint density at radius 2 is 1.89 bits per heavy atom. The topological polar surface area (TPSA) is 69.9 Å². The quantitative estimate of drug-likeness (QED) is 0.727. The molecule has 6 atom stereocenters. The number of rotatable bonds is 3. The van der Waals surface area contributed by atoms with E-state index in [1.54, 1.807) is 6.92 Å². The molecule has 0 radical (unpaired) electrons. The van der Waals surface area contributed by atoms with Crippen molar-refractivity contribution in [3.05, 3.63) is 0 Å². The van der Waals surface area contributed by atoms with Gasteiger partial charge in [-0.3, -0.25) is 0 Å². The lowest BCUT2D eigenvalue weighted by atomic mass is 9.77. The maximum atomic E-state index is 10.3. The zero-order valence-electron chi connectivity index (χ0n) is 12.5. The van der Waals surface area contributed by atoms with E-state index in [0.717, 1.165) is 25.7 Å². The first kappa shape index (κ1) is 15.2. The Hall–Kier alpha value is -0.160. The molecule has 0 aromatic carbocycles. The zero-order chi connectivity index (χ0) is 14.5. The van der Waals surface area contributed by atoms with Gasteiger partial charge in [0.2, 0.25) is 0 Å². The minimum absolute atomic E-state index is 0.190. The lowest BCUT2D eigenvalue weighted by molar-refractivity contribution is -0.161. The minimum Gasteiger partial charge on any atom is -0.393 e. The summed E-state index contributed by atoms with van der Waals surface area (Å²) < 4.78 is 6.13. The monoisotopic (exact) mass is 272 g/mol. The Kier molecular flexibility index (Phi) is 3.76. The van der Waals surface area contributed by atoms with Gasteiger partial charge >= 0.3 is 0 Å². The van der Waals surface area contributed by atoms with Crippen molar-refractivity contribution in [2.75, 3.05) is 6.61 Å². The van der Waals surface area contributed by atoms with Crippen molar-refractivity contribution >= 4 is 0 Å². The highest BCUT2D eigenvalue weighted by molar-refractivity contribution is 5.04. The first-order valence-corrected chi connectivity index (χ1v) is 7.36. The van der Waals surface area contributed by atoms with E-state index in [4.69, 9.17) is 4.74 Å². The molecule has 112 valence electrons. The van der Waals surface area contributed by atoms with Gasteiger partial charge in [-0.2, -0.15) is 0 Å². The Morgan fingerprint density at radius 3 is 2.37 bits per heavy atom. The van der Waals surface area contributed by atoms with E-state index >= 15 is 0 Å². The van der Waals surface area contributed by atoms with Crippen molar-refractivity contribution in [1.82, 2.24) is 0 Å². The molecular formula is C15H28O4. The van der Waals surface area contributed by atoms with Crippen LogP contribution in [0.4, 0.5) is 0 Å². The van der Waals surface area contributed by atoms with Crippen LogP contribution < -0.4 is 0 Å². The summed E-state index contributed by atoms with van der Waals surface area (Å²) in [6.45, 7) is 7.41. The minimum atomic E-state index is -1.18. The molecule has 0 bridgehead atoms. The highest BCUT2D eigenvalue weighted by atomic mass is 16.5. The van der Waals surface area contributed by atoms with Crippen LogP contribution in [0.15, 0.2) is 0 Å². The van der Waals surface area contributed by atoms with Gasteiger partial charge in [0.1, 0.15) is 5.60 Å². The molecule has 2 fully saturated rings. The molecule has 19 heavy (non-hydrogen) atoms. The summed E-state index contributed by atoms with van der Waals surface area (Å²) in [5.74, 6) is 0.498. The fourth-order valence-corrected chi connectivity index (χ4v) is 3.87. The Labute approximate surface area is 115 Å². The Bertz CT molecular complexity index is 339. The molecule has 1 aliphatic carbocycles. The van der Waals surface area contributed by atoms with Gasteiger partial charge in [-0.25, -0.2) is 0 Å². The van der Waals surface area contributed by atoms with Gasteiger partial charge in [-0.05, 0) is 58.3 Å². The molecule has 0 aromatic heterocycles. The fourth-order valence-electron chi connectivity index (χ4n) is 3.87. The normalized spacial score (nSPS) is 50.4. The van der Waals surface area contributed by atoms with Crippen LogP contribution in [-0.4, -0.2) is 44.8 Å². The molecule has 2 aliphatic rings. The predicted octanol–water partition coefficient (Wildman–Crippen LogP) is 1.46. The van der Waals surface area contributed by atoms with Gasteiger partial charge < -0.3 is 20.1 Å². The van der Waals surface area contributed by atoms with Crippen molar-refractivity contribution in [3.63, 3.8) is 0 Å². The van der Waals surface area contributed by atoms with E-state index in [9.17, 15) is 15.3 Å². The molecule has 1 aliphatic heterocycles. The van der Waals surface area contributed by atoms with Crippen LogP contribution >= 0.6 is 0 Å². The van der Waals surface area contributed by atoms with Crippen LogP contribution in [0.1, 0.15) is 53.4 Å². The predicted molar refractivity (Wildman–Crippen MR) is 72.7 cm³/mol. The van der Waals surface area contributed by atoms with Crippen LogP contribution in [0.5, 0.6) is 0 Å². The average molecular weight is 272 g/mol. The Morgan fingerprint density at radius 1 is 1.26 bits per heavy atom. The van der Waals surface area contributed by atoms with E-state index in [2.05, 4.69) is 13.8 Å². The van der Waals surface area contributed by atoms with Gasteiger partial charge in [0.15, 0.2) is 0 Å². The summed E-state index contributed by atoms with van der Waals surface area (Å²) in [5, 5.41) is 29.7. The molecule has 1 unspecified atom stereocenters. The second-order valence-corrected chi connectivity index (χ2v) is 7.26. The SMILES string of the molecule is C[C@H]1[C@H]([C@@]2(C)CCC([C@](C)(O)CO)O2)CC[C@@]1(C)O. The summed E-state index contributed by atoms with van der Waals surface area (Å²) in [7, 11) is 0. The molecule has 2 rings (SSSR count). The fraction of sp³-hybridized carbons (Fsp3) is 1.00. The van der Waals surface area contributed by atoms with Crippen LogP contribution in [0.2, 0.25) is 0 Å². The maximum absolute atomic E-state index is 10.3. The summed E-state index contributed by atoms with van der Waals surface area (Å²) in [5.41, 5.74) is -2.10. The van der Waals surface area contributed by atoms with Crippen molar-refractivity contribution in [3.8, 4) is 0 Å². The second-order valence-electron chi connectivity index (χ2n) is 7.26. The Balaban J connectivity index is 2.10. The number of aliphatic hydroxyl groups excluding tert-OH is 1. The standard InChI is InChI=1S/C15H28O4/c1-10-11(5-7-13(10,2)17)15(4)8-6-12(19-15)14(3,18)9-16/h10-12,16-18H,5-9H2,1-4H3/t10-,11+,12?,13+,14+,15+/m0/s1. The third-order valence-electron chi connectivity index (χ3n) is 5.66. The first-order valence-electron chi connectivity index (χ1n) is 7.36. The van der Waals surface area contributed by atoms with Crippen molar-refractivity contribution in [2.24, 2.45) is 11.8 Å². The van der Waals surface area contributed by atoms with Gasteiger partial charge in [-0.1, -0.05) is 6.92 Å². The molecule has 1 saturated carbocycles. The highest BCUT2D eigenvalue weighted by Crippen LogP contribution is 2.51. The highest BCUT2D eigenvalue weighted by Gasteiger charge is 2.54. The lowest BCUT2D eigenvalue weighted by Gasteiger charge is -2.38. The van der Waals surface area contributed by atoms with Gasteiger partial charge in [0.05, 0.1) is 23.9 Å². The van der Waals surface area contributed by atoms with Gasteiger partial charge in [-0.15, -0.1) is 0 Å². The van der Waals surface area contributed by atoms with E-state index in [-0.39, 0.29) is 24.2 Å². The number of ether oxygens (including phenoxy) is 1. The number of hydrogen-bond donors (Lipinski definition) is 3. The zero-order valence-corrected chi connectivity index (χ0v) is 12.5. The molecule has 0 amide bonds. The molecule has 4 nitrogen and oxygen atoms in total. The van der Waals surface area contributed by atoms with Crippen molar-refractivity contribution in [2.45, 2.75) is 76.3 Å². The first-order chi connectivity index (χ1) is 8.62. The van der Waals surface area contributed by atoms with Crippen LogP contribution in [0, 0.1) is 11.8 Å². The van der Waals surface area contributed by atoms with Crippen LogP contribution in [0.3, 0.4) is 0 Å². The van der Waals surface area contributed by atoms with E-state index in [0.29, 0.717) is 5.92 Å². The molecule has 1 heterocycles. The largest absolute Gasteiger partial charge is 0.393 e. The van der Waals surface area contributed by atoms with Crippen molar-refractivity contribution in [1.29, 1.82) is 0 Å². The molecule has 0 aromatic rings. The van der Waals surface area contributed by atoms with Crippen molar-refractivity contribution < 1.29 is 20.1 Å². The lowest BCUT2D eigenvalue weighted by Crippen LogP contribution is -2.46. The van der Waals surface area contributed by atoms with Gasteiger partial charge in [0, 0.05) is 0 Å². The molecule has 0 spiro atoms. The van der Waals surface area contributed by atoms with Crippen LogP contribution in [-0.2, 0) is 4.74 Å². The summed E-state index contributed by atoms with van der Waals surface area (Å²) in [6.07, 6.45) is 3.08. The second kappa shape index (κ2) is 4.69. The summed E-state index contributed by atoms with van der Waals surface area (Å²) in [6, 6.07) is 0. The maximum Gasteiger partial charge on any atom is 0.111 e. The number of hydrogen-bond acceptors (Lipinski definition) is 4. The molecule has 3 N–H and O–H groups in total. The number of aliphatic hydroxyl groups is 3. The third-order valence-corrected chi connectivity index (χ3v) is 5.66. The molecule has 1 saturated heterocycles. The summed E-state index contributed by atoms with van der Waals surface area (Å²) >= 11 is 0. The van der Waals surface area contributed by atoms with Gasteiger partial charge in [0.25, 0.3) is 0 Å². The molecule has 4 heteroatoms. The van der Waals surface area contributed by atoms with Crippen LogP contribution in [0.25, 0.3) is 0 Å². The molecular weight excluding hydrogens is 244 g/mol. The van der Waals surface area contributed by atoms with E-state index in [1.807, 2.05) is 6.92 Å². The third kappa shape index (κ3) is 2.56.